The summed E-state index contributed by atoms with van der Waals surface area (Å²) in [4.78, 5) is 13.0. The van der Waals surface area contributed by atoms with Crippen LogP contribution >= 0.6 is 0 Å². The molecule has 0 aliphatic heterocycles. The quantitative estimate of drug-likeness (QED) is 0.755. The molecule has 18 heavy (non-hydrogen) atoms. The first-order valence-electron chi connectivity index (χ1n) is 7.14. The molecule has 1 aliphatic rings. The first-order chi connectivity index (χ1) is 8.50. The van der Waals surface area contributed by atoms with Gasteiger partial charge in [-0.1, -0.05) is 19.8 Å². The fourth-order valence-electron chi connectivity index (χ4n) is 2.57. The molecule has 2 atom stereocenters. The Morgan fingerprint density at radius 3 is 2.61 bits per heavy atom. The maximum Gasteiger partial charge on any atom is 0.231 e. The van der Waals surface area contributed by atoms with Gasteiger partial charge in [0, 0.05) is 12.6 Å². The van der Waals surface area contributed by atoms with Gasteiger partial charge < -0.3 is 10.5 Å². The predicted molar refractivity (Wildman–Crippen MR) is 73.3 cm³/mol. The van der Waals surface area contributed by atoms with Crippen LogP contribution in [-0.2, 0) is 9.53 Å². The third-order valence-electron chi connectivity index (χ3n) is 3.83. The fourth-order valence-corrected chi connectivity index (χ4v) is 2.57. The van der Waals surface area contributed by atoms with E-state index in [0.29, 0.717) is 31.2 Å². The lowest BCUT2D eigenvalue weighted by molar-refractivity contribution is -0.120. The van der Waals surface area contributed by atoms with Crippen LogP contribution in [0, 0.1) is 5.92 Å². The third-order valence-corrected chi connectivity index (χ3v) is 3.83. The van der Waals surface area contributed by atoms with Crippen LogP contribution in [0.5, 0.6) is 0 Å². The molecule has 0 spiro atoms. The summed E-state index contributed by atoms with van der Waals surface area (Å²) in [5.41, 5.74) is 5.25. The molecule has 4 heteroatoms. The number of nitrogens with two attached hydrogens (primary N) is 1. The van der Waals surface area contributed by atoms with E-state index < -0.39 is 0 Å². The number of ether oxygens (including phenoxy) is 1. The van der Waals surface area contributed by atoms with Crippen LogP contribution < -0.4 is 5.73 Å². The third kappa shape index (κ3) is 5.36. The Labute approximate surface area is 111 Å². The predicted octanol–water partition coefficient (Wildman–Crippen LogP) is 1.78. The molecule has 0 heterocycles. The van der Waals surface area contributed by atoms with Gasteiger partial charge in [-0.05, 0) is 32.6 Å². The van der Waals surface area contributed by atoms with E-state index in [2.05, 4.69) is 25.7 Å². The number of carbonyl (C=O) groups excluding carboxylic acids is 1. The van der Waals surface area contributed by atoms with Crippen LogP contribution in [0.25, 0.3) is 0 Å². The van der Waals surface area contributed by atoms with E-state index in [9.17, 15) is 4.79 Å². The first kappa shape index (κ1) is 15.4. The summed E-state index contributed by atoms with van der Waals surface area (Å²) in [6.45, 7) is 8.22. The Morgan fingerprint density at radius 2 is 2.06 bits per heavy atom. The molecule has 0 radical (unpaired) electrons. The molecule has 2 unspecified atom stereocenters. The Morgan fingerprint density at radius 1 is 1.39 bits per heavy atom. The van der Waals surface area contributed by atoms with Crippen LogP contribution in [0.15, 0.2) is 0 Å². The van der Waals surface area contributed by atoms with Crippen molar-refractivity contribution in [2.75, 3.05) is 19.7 Å². The molecule has 2 N–H and O–H groups in total. The highest BCUT2D eigenvalue weighted by molar-refractivity contribution is 5.75. The molecule has 1 fully saturated rings. The van der Waals surface area contributed by atoms with Gasteiger partial charge in [0.15, 0.2) is 0 Å². The molecule has 0 aromatic heterocycles. The highest BCUT2D eigenvalue weighted by Gasteiger charge is 2.22. The van der Waals surface area contributed by atoms with Crippen molar-refractivity contribution in [3.8, 4) is 0 Å². The molecule has 1 rings (SSSR count). The average molecular weight is 256 g/mol. The van der Waals surface area contributed by atoms with Crippen LogP contribution in [0.1, 0.15) is 46.5 Å². The Balaban J connectivity index is 2.27. The summed E-state index contributed by atoms with van der Waals surface area (Å²) in [5, 5.41) is 0. The summed E-state index contributed by atoms with van der Waals surface area (Å²) in [6, 6.07) is 0.324. The molecule has 0 bridgehead atoms. The van der Waals surface area contributed by atoms with Gasteiger partial charge in [0.2, 0.25) is 5.91 Å². The number of hydrogen-bond donors (Lipinski definition) is 1. The topological polar surface area (TPSA) is 55.6 Å². The molecule has 1 saturated carbocycles. The van der Waals surface area contributed by atoms with E-state index in [-0.39, 0.29) is 5.91 Å². The van der Waals surface area contributed by atoms with Crippen molar-refractivity contribution < 1.29 is 9.53 Å². The summed E-state index contributed by atoms with van der Waals surface area (Å²) < 4.78 is 5.96. The zero-order valence-corrected chi connectivity index (χ0v) is 12.0. The highest BCUT2D eigenvalue weighted by atomic mass is 16.5. The van der Waals surface area contributed by atoms with Gasteiger partial charge in [-0.15, -0.1) is 0 Å². The highest BCUT2D eigenvalue weighted by Crippen LogP contribution is 2.26. The Kier molecular flexibility index (Phi) is 6.65. The van der Waals surface area contributed by atoms with Crippen molar-refractivity contribution in [3.05, 3.63) is 0 Å². The fraction of sp³-hybridized carbons (Fsp3) is 0.929. The van der Waals surface area contributed by atoms with Gasteiger partial charge in [-0.2, -0.15) is 0 Å². The number of hydrogen-bond acceptors (Lipinski definition) is 3. The molecule has 0 aromatic carbocycles. The lowest BCUT2D eigenvalue weighted by Gasteiger charge is -2.30. The normalized spacial score (nSPS) is 24.7. The van der Waals surface area contributed by atoms with E-state index in [1.165, 1.54) is 25.7 Å². The van der Waals surface area contributed by atoms with Crippen LogP contribution in [0.2, 0.25) is 0 Å². The SMILES string of the molecule is CC1CCCCC1OCCN(CC(N)=O)C(C)C. The average Bonchev–Trinajstić information content (AvgIpc) is 2.29. The van der Waals surface area contributed by atoms with Gasteiger partial charge in [-0.25, -0.2) is 0 Å². The number of carbonyl (C=O) groups is 1. The van der Waals surface area contributed by atoms with Crippen molar-refractivity contribution in [1.29, 1.82) is 0 Å². The smallest absolute Gasteiger partial charge is 0.231 e. The van der Waals surface area contributed by atoms with Gasteiger partial charge in [-0.3, -0.25) is 9.69 Å². The van der Waals surface area contributed by atoms with E-state index in [1.54, 1.807) is 0 Å². The number of primary amides is 1. The molecule has 1 aliphatic carbocycles. The zero-order chi connectivity index (χ0) is 13.5. The second-order valence-electron chi connectivity index (χ2n) is 5.70. The number of rotatable bonds is 7. The van der Waals surface area contributed by atoms with Gasteiger partial charge in [0.1, 0.15) is 0 Å². The minimum absolute atomic E-state index is 0.269. The largest absolute Gasteiger partial charge is 0.377 e. The minimum Gasteiger partial charge on any atom is -0.377 e. The lowest BCUT2D eigenvalue weighted by Crippen LogP contribution is -2.41. The lowest BCUT2D eigenvalue weighted by atomic mass is 9.88. The number of nitrogens with zero attached hydrogens (tertiary/aromatic N) is 1. The van der Waals surface area contributed by atoms with Crippen LogP contribution in [-0.4, -0.2) is 42.6 Å². The Bertz CT molecular complexity index is 256. The maximum absolute atomic E-state index is 11.0. The van der Waals surface area contributed by atoms with Gasteiger partial charge in [0.05, 0.1) is 19.3 Å². The number of amides is 1. The summed E-state index contributed by atoms with van der Waals surface area (Å²) >= 11 is 0. The molecular formula is C14H28N2O2. The summed E-state index contributed by atoms with van der Waals surface area (Å²) in [6.07, 6.45) is 5.48. The standard InChI is InChI=1S/C14H28N2O2/c1-11(2)16(10-14(15)17)8-9-18-13-7-5-4-6-12(13)3/h11-13H,4-10H2,1-3H3,(H2,15,17). The van der Waals surface area contributed by atoms with E-state index in [0.717, 1.165) is 6.54 Å². The maximum atomic E-state index is 11.0. The van der Waals surface area contributed by atoms with Gasteiger partial charge in [0.25, 0.3) is 0 Å². The zero-order valence-electron chi connectivity index (χ0n) is 12.0. The van der Waals surface area contributed by atoms with Crippen LogP contribution in [0.3, 0.4) is 0 Å². The monoisotopic (exact) mass is 256 g/mol. The van der Waals surface area contributed by atoms with Crippen molar-refractivity contribution >= 4 is 5.91 Å². The van der Waals surface area contributed by atoms with E-state index in [1.807, 2.05) is 0 Å². The summed E-state index contributed by atoms with van der Waals surface area (Å²) in [7, 11) is 0. The molecule has 0 aromatic rings. The van der Waals surface area contributed by atoms with Crippen LogP contribution in [0.4, 0.5) is 0 Å². The van der Waals surface area contributed by atoms with E-state index in [4.69, 9.17) is 10.5 Å². The van der Waals surface area contributed by atoms with Crippen molar-refractivity contribution in [3.63, 3.8) is 0 Å². The minimum atomic E-state index is -0.269. The van der Waals surface area contributed by atoms with Crippen molar-refractivity contribution in [2.45, 2.75) is 58.6 Å². The molecular weight excluding hydrogens is 228 g/mol. The molecule has 4 nitrogen and oxygen atoms in total. The second kappa shape index (κ2) is 7.74. The summed E-state index contributed by atoms with van der Waals surface area (Å²) in [5.74, 6) is 0.400. The second-order valence-corrected chi connectivity index (χ2v) is 5.70. The molecule has 0 saturated heterocycles. The molecule has 1 amide bonds. The Hall–Kier alpha value is -0.610. The van der Waals surface area contributed by atoms with E-state index >= 15 is 0 Å². The van der Waals surface area contributed by atoms with Crippen molar-refractivity contribution in [1.82, 2.24) is 4.90 Å². The van der Waals surface area contributed by atoms with Crippen molar-refractivity contribution in [2.24, 2.45) is 11.7 Å². The molecule has 106 valence electrons. The first-order valence-corrected chi connectivity index (χ1v) is 7.14. The van der Waals surface area contributed by atoms with Gasteiger partial charge >= 0.3 is 0 Å².